The predicted octanol–water partition coefficient (Wildman–Crippen LogP) is 2.33. The van der Waals surface area contributed by atoms with Crippen LogP contribution in [0.5, 0.6) is 5.75 Å². The fourth-order valence-electron chi connectivity index (χ4n) is 3.05. The number of hydrogen-bond donors (Lipinski definition) is 1. The smallest absolute Gasteiger partial charge is 0.244 e. The SMILES string of the molecule is CC[C@H](C(=O)NCCOc1ccc(S(=O)(=O)N(C)C)cc1)N(c1cccc(Cl)c1)S(C)(=O)=O. The zero-order valence-corrected chi connectivity index (χ0v) is 21.2. The van der Waals surface area contributed by atoms with Gasteiger partial charge < -0.3 is 10.1 Å². The third-order valence-electron chi connectivity index (χ3n) is 4.66. The maximum atomic E-state index is 12.8. The summed E-state index contributed by atoms with van der Waals surface area (Å²) in [5.74, 6) is -0.0374. The molecule has 0 bridgehead atoms. The van der Waals surface area contributed by atoms with E-state index in [4.69, 9.17) is 16.3 Å². The number of amides is 1. The number of rotatable bonds is 11. The van der Waals surface area contributed by atoms with Crippen molar-refractivity contribution in [3.63, 3.8) is 0 Å². The Balaban J connectivity index is 2.01. The zero-order valence-electron chi connectivity index (χ0n) is 18.9. The first kappa shape index (κ1) is 26.9. The number of carbonyl (C=O) groups is 1. The van der Waals surface area contributed by atoms with E-state index >= 15 is 0 Å². The van der Waals surface area contributed by atoms with E-state index in [1.54, 1.807) is 25.1 Å². The molecule has 0 unspecified atom stereocenters. The van der Waals surface area contributed by atoms with Gasteiger partial charge in [-0.05, 0) is 48.9 Å². The van der Waals surface area contributed by atoms with E-state index in [9.17, 15) is 21.6 Å². The molecule has 2 rings (SSSR count). The van der Waals surface area contributed by atoms with Crippen molar-refractivity contribution < 1.29 is 26.4 Å². The van der Waals surface area contributed by atoms with E-state index in [1.165, 1.54) is 44.4 Å². The Morgan fingerprint density at radius 2 is 1.73 bits per heavy atom. The van der Waals surface area contributed by atoms with Gasteiger partial charge in [0.15, 0.2) is 0 Å². The van der Waals surface area contributed by atoms with Crippen LogP contribution in [0.15, 0.2) is 53.4 Å². The van der Waals surface area contributed by atoms with Crippen molar-refractivity contribution >= 4 is 43.2 Å². The molecular formula is C21H28ClN3O6S2. The molecule has 0 saturated carbocycles. The topological polar surface area (TPSA) is 113 Å². The molecule has 0 saturated heterocycles. The van der Waals surface area contributed by atoms with Crippen molar-refractivity contribution in [2.75, 3.05) is 37.8 Å². The number of anilines is 1. The molecule has 9 nitrogen and oxygen atoms in total. The van der Waals surface area contributed by atoms with E-state index < -0.39 is 32.0 Å². The highest BCUT2D eigenvalue weighted by Gasteiger charge is 2.31. The van der Waals surface area contributed by atoms with Crippen LogP contribution < -0.4 is 14.4 Å². The number of benzene rings is 2. The molecule has 12 heteroatoms. The number of sulfonamides is 2. The summed E-state index contributed by atoms with van der Waals surface area (Å²) >= 11 is 6.00. The minimum Gasteiger partial charge on any atom is -0.492 e. The van der Waals surface area contributed by atoms with Crippen LogP contribution in [0.4, 0.5) is 5.69 Å². The number of nitrogens with one attached hydrogen (secondary N) is 1. The van der Waals surface area contributed by atoms with E-state index in [-0.39, 0.29) is 24.5 Å². The van der Waals surface area contributed by atoms with Crippen LogP contribution in [0.25, 0.3) is 0 Å². The molecule has 0 aliphatic rings. The molecule has 2 aromatic rings. The lowest BCUT2D eigenvalue weighted by atomic mass is 10.2. The first-order valence-electron chi connectivity index (χ1n) is 10.1. The summed E-state index contributed by atoms with van der Waals surface area (Å²) in [5, 5.41) is 3.04. The number of halogens is 1. The average molecular weight is 518 g/mol. The molecule has 0 spiro atoms. The van der Waals surface area contributed by atoms with Gasteiger partial charge in [0.25, 0.3) is 0 Å². The molecule has 33 heavy (non-hydrogen) atoms. The van der Waals surface area contributed by atoms with Gasteiger partial charge in [-0.1, -0.05) is 24.6 Å². The van der Waals surface area contributed by atoms with Crippen molar-refractivity contribution in [1.82, 2.24) is 9.62 Å². The Bertz CT molecular complexity index is 1170. The Hall–Kier alpha value is -2.34. The summed E-state index contributed by atoms with van der Waals surface area (Å²) < 4.78 is 56.8. The fraction of sp³-hybridized carbons (Fsp3) is 0.381. The molecule has 1 atom stereocenters. The molecule has 182 valence electrons. The second kappa shape index (κ2) is 11.2. The quantitative estimate of drug-likeness (QED) is 0.458. The van der Waals surface area contributed by atoms with Crippen LogP contribution in [0.3, 0.4) is 0 Å². The number of hydrogen-bond acceptors (Lipinski definition) is 6. The van der Waals surface area contributed by atoms with E-state index in [1.807, 2.05) is 0 Å². The summed E-state index contributed by atoms with van der Waals surface area (Å²) in [6.45, 7) is 1.95. The second-order valence-electron chi connectivity index (χ2n) is 7.36. The third kappa shape index (κ3) is 7.07. The van der Waals surface area contributed by atoms with Crippen molar-refractivity contribution in [2.45, 2.75) is 24.3 Å². The molecule has 1 N–H and O–H groups in total. The van der Waals surface area contributed by atoms with Crippen LogP contribution in [-0.4, -0.2) is 66.6 Å². The summed E-state index contributed by atoms with van der Waals surface area (Å²) in [7, 11) is -4.39. The normalized spacial score (nSPS) is 12.9. The van der Waals surface area contributed by atoms with E-state index in [0.29, 0.717) is 16.5 Å². The molecule has 0 radical (unpaired) electrons. The van der Waals surface area contributed by atoms with Gasteiger partial charge in [-0.15, -0.1) is 0 Å². The fourth-order valence-corrected chi connectivity index (χ4v) is 5.34. The van der Waals surface area contributed by atoms with Crippen molar-refractivity contribution in [3.8, 4) is 5.75 Å². The molecule has 0 aliphatic heterocycles. The first-order chi connectivity index (χ1) is 15.4. The molecular weight excluding hydrogens is 490 g/mol. The highest BCUT2D eigenvalue weighted by Crippen LogP contribution is 2.25. The Morgan fingerprint density at radius 3 is 2.24 bits per heavy atom. The Labute approximate surface area is 200 Å². The van der Waals surface area contributed by atoms with Gasteiger partial charge in [0.2, 0.25) is 26.0 Å². The summed E-state index contributed by atoms with van der Waals surface area (Å²) in [5.41, 5.74) is 0.302. The van der Waals surface area contributed by atoms with Crippen LogP contribution >= 0.6 is 11.6 Å². The minimum atomic E-state index is -3.76. The average Bonchev–Trinajstić information content (AvgIpc) is 2.74. The summed E-state index contributed by atoms with van der Waals surface area (Å²) in [6, 6.07) is 11.3. The van der Waals surface area contributed by atoms with E-state index in [2.05, 4.69) is 5.32 Å². The number of carbonyl (C=O) groups excluding carboxylic acids is 1. The predicted molar refractivity (Wildman–Crippen MR) is 129 cm³/mol. The van der Waals surface area contributed by atoms with Crippen LogP contribution in [-0.2, 0) is 24.8 Å². The molecule has 2 aromatic carbocycles. The van der Waals surface area contributed by atoms with Gasteiger partial charge in [0.1, 0.15) is 18.4 Å². The van der Waals surface area contributed by atoms with Gasteiger partial charge in [-0.2, -0.15) is 0 Å². The standard InChI is InChI=1S/C21H28ClN3O6S2/c1-5-20(25(32(4,27)28)17-8-6-7-16(22)15-17)21(26)23-13-14-31-18-9-11-19(12-10-18)33(29,30)24(2)3/h6-12,15,20H,5,13-14H2,1-4H3,(H,23,26)/t20-/m1/s1. The third-order valence-corrected chi connectivity index (χ3v) is 7.91. The lowest BCUT2D eigenvalue weighted by Crippen LogP contribution is -2.50. The zero-order chi connectivity index (χ0) is 24.8. The molecule has 0 heterocycles. The van der Waals surface area contributed by atoms with Crippen LogP contribution in [0.2, 0.25) is 5.02 Å². The monoisotopic (exact) mass is 517 g/mol. The summed E-state index contributed by atoms with van der Waals surface area (Å²) in [6.07, 6.45) is 1.28. The first-order valence-corrected chi connectivity index (χ1v) is 13.7. The number of nitrogens with zero attached hydrogens (tertiary/aromatic N) is 2. The van der Waals surface area contributed by atoms with Gasteiger partial charge in [0.05, 0.1) is 23.4 Å². The van der Waals surface area contributed by atoms with Gasteiger partial charge in [-0.3, -0.25) is 9.10 Å². The highest BCUT2D eigenvalue weighted by molar-refractivity contribution is 7.92. The van der Waals surface area contributed by atoms with Crippen LogP contribution in [0.1, 0.15) is 13.3 Å². The van der Waals surface area contributed by atoms with E-state index in [0.717, 1.165) is 14.9 Å². The molecule has 0 aliphatic carbocycles. The lowest BCUT2D eigenvalue weighted by molar-refractivity contribution is -0.122. The Kier molecular flexibility index (Phi) is 9.12. The van der Waals surface area contributed by atoms with Gasteiger partial charge >= 0.3 is 0 Å². The maximum absolute atomic E-state index is 12.8. The molecule has 0 aromatic heterocycles. The van der Waals surface area contributed by atoms with Crippen molar-refractivity contribution in [1.29, 1.82) is 0 Å². The maximum Gasteiger partial charge on any atom is 0.244 e. The highest BCUT2D eigenvalue weighted by atomic mass is 35.5. The second-order valence-corrected chi connectivity index (χ2v) is 11.8. The van der Waals surface area contributed by atoms with Crippen molar-refractivity contribution in [2.24, 2.45) is 0 Å². The minimum absolute atomic E-state index is 0.109. The van der Waals surface area contributed by atoms with Gasteiger partial charge in [0, 0.05) is 19.1 Å². The summed E-state index contributed by atoms with van der Waals surface area (Å²) in [4.78, 5) is 12.9. The molecule has 1 amide bonds. The largest absolute Gasteiger partial charge is 0.492 e. The van der Waals surface area contributed by atoms with Crippen LogP contribution in [0, 0.1) is 0 Å². The van der Waals surface area contributed by atoms with Gasteiger partial charge in [-0.25, -0.2) is 21.1 Å². The lowest BCUT2D eigenvalue weighted by Gasteiger charge is -2.30. The molecule has 0 fully saturated rings. The number of ether oxygens (including phenoxy) is 1. The van der Waals surface area contributed by atoms with Crippen molar-refractivity contribution in [3.05, 3.63) is 53.6 Å². The Morgan fingerprint density at radius 1 is 1.09 bits per heavy atom.